The molecular weight excluding hydrogens is 308 g/mol. The lowest BCUT2D eigenvalue weighted by molar-refractivity contribution is 0.413. The first-order valence-corrected chi connectivity index (χ1v) is 9.13. The number of fused-ring (bicyclic) bond motifs is 2. The van der Waals surface area contributed by atoms with Crippen molar-refractivity contribution < 1.29 is 8.42 Å². The van der Waals surface area contributed by atoms with E-state index in [0.717, 1.165) is 18.1 Å². The topological polar surface area (TPSA) is 58.5 Å². The fraction of sp³-hybridized carbons (Fsp3) is 0.533. The second-order valence-corrected chi connectivity index (χ2v) is 8.18. The summed E-state index contributed by atoms with van der Waals surface area (Å²) in [5.74, 6) is 1.95. The Morgan fingerprint density at radius 1 is 1.24 bits per heavy atom. The molecule has 2 aliphatic rings. The Hall–Kier alpha value is -1.07. The molecule has 6 heteroatoms. The molecule has 2 aliphatic carbocycles. The fourth-order valence-corrected chi connectivity index (χ4v) is 4.63. The molecule has 0 aromatic heterocycles. The van der Waals surface area contributed by atoms with Crippen LogP contribution in [-0.2, 0) is 10.0 Å². The van der Waals surface area contributed by atoms with E-state index in [1.54, 1.807) is 12.1 Å². The molecule has 1 aromatic rings. The highest BCUT2D eigenvalue weighted by molar-refractivity contribution is 7.89. The molecule has 0 heterocycles. The molecule has 0 saturated heterocycles. The van der Waals surface area contributed by atoms with Gasteiger partial charge in [-0.15, -0.1) is 0 Å². The molecule has 0 radical (unpaired) electrons. The number of hydrogen-bond donors (Lipinski definition) is 1. The molecule has 4 nitrogen and oxygen atoms in total. The van der Waals surface area contributed by atoms with Crippen LogP contribution in [0.2, 0.25) is 5.02 Å². The van der Waals surface area contributed by atoms with Crippen molar-refractivity contribution in [1.82, 2.24) is 4.83 Å². The van der Waals surface area contributed by atoms with Crippen LogP contribution >= 0.6 is 11.6 Å². The van der Waals surface area contributed by atoms with Crippen molar-refractivity contribution in [2.75, 3.05) is 0 Å². The number of benzene rings is 1. The zero-order valence-corrected chi connectivity index (χ0v) is 13.5. The van der Waals surface area contributed by atoms with Crippen LogP contribution in [0.15, 0.2) is 34.3 Å². The normalized spacial score (nSPS) is 28.9. The van der Waals surface area contributed by atoms with E-state index in [-0.39, 0.29) is 4.90 Å². The minimum Gasteiger partial charge on any atom is -0.200 e. The summed E-state index contributed by atoms with van der Waals surface area (Å²) >= 11 is 5.77. The van der Waals surface area contributed by atoms with Crippen LogP contribution in [0, 0.1) is 17.8 Å². The van der Waals surface area contributed by atoms with E-state index >= 15 is 0 Å². The van der Waals surface area contributed by atoms with Crippen LogP contribution < -0.4 is 4.83 Å². The van der Waals surface area contributed by atoms with Gasteiger partial charge in [-0.1, -0.05) is 18.0 Å². The maximum atomic E-state index is 12.2. The largest absolute Gasteiger partial charge is 0.276 e. The monoisotopic (exact) mass is 326 g/mol. The molecule has 2 saturated carbocycles. The van der Waals surface area contributed by atoms with E-state index in [1.165, 1.54) is 31.4 Å². The van der Waals surface area contributed by atoms with E-state index in [1.807, 2.05) is 6.92 Å². The van der Waals surface area contributed by atoms with Gasteiger partial charge in [-0.3, -0.25) is 0 Å². The summed E-state index contributed by atoms with van der Waals surface area (Å²) in [5.41, 5.74) is 0.903. The number of hydrazone groups is 1. The van der Waals surface area contributed by atoms with E-state index < -0.39 is 10.0 Å². The number of hydrogen-bond acceptors (Lipinski definition) is 3. The van der Waals surface area contributed by atoms with E-state index in [2.05, 4.69) is 9.93 Å². The summed E-state index contributed by atoms with van der Waals surface area (Å²) in [4.78, 5) is 2.53. The molecule has 0 aliphatic heterocycles. The van der Waals surface area contributed by atoms with Gasteiger partial charge in [0.05, 0.1) is 4.90 Å². The Labute approximate surface area is 130 Å². The lowest BCUT2D eigenvalue weighted by atomic mass is 9.86. The Balaban J connectivity index is 1.71. The molecule has 3 atom stereocenters. The first-order valence-electron chi connectivity index (χ1n) is 7.27. The van der Waals surface area contributed by atoms with Crippen LogP contribution in [0.1, 0.15) is 32.6 Å². The maximum Gasteiger partial charge on any atom is 0.276 e. The number of nitrogens with one attached hydrogen (secondary N) is 1. The zero-order chi connectivity index (χ0) is 15.0. The van der Waals surface area contributed by atoms with Gasteiger partial charge in [-0.25, -0.2) is 4.83 Å². The van der Waals surface area contributed by atoms with Crippen LogP contribution in [0.25, 0.3) is 0 Å². The third-order valence-electron chi connectivity index (χ3n) is 4.74. The summed E-state index contributed by atoms with van der Waals surface area (Å²) in [6.07, 6.45) is 5.02. The molecule has 2 fully saturated rings. The van der Waals surface area contributed by atoms with Crippen molar-refractivity contribution in [2.45, 2.75) is 37.5 Å². The van der Waals surface area contributed by atoms with Gasteiger partial charge in [0.15, 0.2) is 0 Å². The highest BCUT2D eigenvalue weighted by Gasteiger charge is 2.40. The molecule has 0 amide bonds. The third kappa shape index (κ3) is 3.09. The highest BCUT2D eigenvalue weighted by atomic mass is 35.5. The predicted octanol–water partition coefficient (Wildman–Crippen LogP) is 3.43. The van der Waals surface area contributed by atoms with Crippen LogP contribution in [0.5, 0.6) is 0 Å². The Morgan fingerprint density at radius 2 is 1.95 bits per heavy atom. The van der Waals surface area contributed by atoms with E-state index in [4.69, 9.17) is 11.6 Å². The SMILES string of the molecule is C/C(=N/NS(=O)(=O)c1ccc(Cl)cc1)[C@H]1C[C@@H]2CC[C@@H]1C2. The number of halogens is 1. The quantitative estimate of drug-likeness (QED) is 0.680. The van der Waals surface area contributed by atoms with Crippen molar-refractivity contribution in [3.05, 3.63) is 29.3 Å². The summed E-state index contributed by atoms with van der Waals surface area (Å²) in [7, 11) is -3.61. The second-order valence-electron chi connectivity index (χ2n) is 6.08. The van der Waals surface area contributed by atoms with Crippen LogP contribution in [-0.4, -0.2) is 14.1 Å². The van der Waals surface area contributed by atoms with Crippen molar-refractivity contribution in [3.63, 3.8) is 0 Å². The molecule has 0 unspecified atom stereocenters. The first kappa shape index (κ1) is 14.9. The van der Waals surface area contributed by atoms with Crippen LogP contribution in [0.3, 0.4) is 0 Å². The van der Waals surface area contributed by atoms with Gasteiger partial charge in [-0.2, -0.15) is 13.5 Å². The van der Waals surface area contributed by atoms with Gasteiger partial charge in [0.25, 0.3) is 10.0 Å². The van der Waals surface area contributed by atoms with Gasteiger partial charge < -0.3 is 0 Å². The van der Waals surface area contributed by atoms with Gasteiger partial charge in [0, 0.05) is 16.7 Å². The Bertz CT molecular complexity index is 655. The first-order chi connectivity index (χ1) is 9.95. The van der Waals surface area contributed by atoms with Crippen molar-refractivity contribution >= 4 is 27.3 Å². The lowest BCUT2D eigenvalue weighted by Crippen LogP contribution is -2.24. The number of nitrogens with zero attached hydrogens (tertiary/aromatic N) is 1. The molecule has 0 spiro atoms. The summed E-state index contributed by atoms with van der Waals surface area (Å²) in [6, 6.07) is 6.07. The standard InChI is InChI=1S/C15H19ClN2O2S/c1-10(15-9-11-2-3-12(15)8-11)17-18-21(19,20)14-6-4-13(16)5-7-14/h4-7,11-12,15,18H,2-3,8-9H2,1H3/b17-10-/t11-,12-,15-/m1/s1. The molecule has 114 valence electrons. The van der Waals surface area contributed by atoms with Crippen LogP contribution in [0.4, 0.5) is 0 Å². The summed E-state index contributed by atoms with van der Waals surface area (Å²) < 4.78 is 24.3. The Morgan fingerprint density at radius 3 is 2.52 bits per heavy atom. The molecule has 1 N–H and O–H groups in total. The summed E-state index contributed by atoms with van der Waals surface area (Å²) in [6.45, 7) is 1.93. The van der Waals surface area contributed by atoms with E-state index in [9.17, 15) is 8.42 Å². The van der Waals surface area contributed by atoms with Gasteiger partial charge >= 0.3 is 0 Å². The average Bonchev–Trinajstić information content (AvgIpc) is 3.08. The molecule has 21 heavy (non-hydrogen) atoms. The highest BCUT2D eigenvalue weighted by Crippen LogP contribution is 2.48. The van der Waals surface area contributed by atoms with Crippen molar-refractivity contribution in [3.8, 4) is 0 Å². The second kappa shape index (κ2) is 5.61. The van der Waals surface area contributed by atoms with E-state index in [0.29, 0.717) is 16.9 Å². The number of sulfonamides is 1. The predicted molar refractivity (Wildman–Crippen MR) is 83.8 cm³/mol. The molecular formula is C15H19ClN2O2S. The summed E-state index contributed by atoms with van der Waals surface area (Å²) in [5, 5.41) is 4.65. The van der Waals surface area contributed by atoms with Gasteiger partial charge in [0.2, 0.25) is 0 Å². The third-order valence-corrected chi connectivity index (χ3v) is 6.22. The lowest BCUT2D eigenvalue weighted by Gasteiger charge is -2.21. The van der Waals surface area contributed by atoms with Gasteiger partial charge in [0.1, 0.15) is 0 Å². The average molecular weight is 327 g/mol. The fourth-order valence-electron chi connectivity index (χ4n) is 3.64. The van der Waals surface area contributed by atoms with Crippen molar-refractivity contribution in [1.29, 1.82) is 0 Å². The van der Waals surface area contributed by atoms with Gasteiger partial charge in [-0.05, 0) is 62.3 Å². The minimum absolute atomic E-state index is 0.177. The molecule has 1 aromatic carbocycles. The Kier molecular flexibility index (Phi) is 3.97. The zero-order valence-electron chi connectivity index (χ0n) is 11.9. The maximum absolute atomic E-state index is 12.2. The van der Waals surface area contributed by atoms with Crippen molar-refractivity contribution in [2.24, 2.45) is 22.9 Å². The number of rotatable bonds is 4. The minimum atomic E-state index is -3.61. The molecule has 2 bridgehead atoms. The smallest absolute Gasteiger partial charge is 0.200 e. The molecule has 3 rings (SSSR count).